The Morgan fingerprint density at radius 2 is 1.56 bits per heavy atom. The van der Waals surface area contributed by atoms with Crippen LogP contribution >= 0.6 is 0 Å². The lowest BCUT2D eigenvalue weighted by Gasteiger charge is -2.08. The van der Waals surface area contributed by atoms with E-state index in [1.165, 1.54) is 36.5 Å². The third kappa shape index (κ3) is 4.06. The lowest BCUT2D eigenvalue weighted by molar-refractivity contribution is 0.102. The Kier molecular flexibility index (Phi) is 4.80. The van der Waals surface area contributed by atoms with Crippen molar-refractivity contribution in [3.8, 4) is 0 Å². The summed E-state index contributed by atoms with van der Waals surface area (Å²) in [5.74, 6) is -1.51. The van der Waals surface area contributed by atoms with E-state index in [9.17, 15) is 14.0 Å². The second-order valence-electron chi connectivity index (χ2n) is 5.18. The van der Waals surface area contributed by atoms with Crippen molar-refractivity contribution >= 4 is 23.2 Å². The summed E-state index contributed by atoms with van der Waals surface area (Å²) in [6.45, 7) is 0. The molecule has 0 atom stereocenters. The third-order valence-corrected chi connectivity index (χ3v) is 3.41. The number of hydrogen-bond donors (Lipinski definition) is 2. The van der Waals surface area contributed by atoms with Gasteiger partial charge in [-0.1, -0.05) is 30.3 Å². The number of amides is 2. The highest BCUT2D eigenvalue weighted by molar-refractivity contribution is 6.07. The number of anilines is 2. The summed E-state index contributed by atoms with van der Waals surface area (Å²) in [6.07, 6.45) is 1.36. The summed E-state index contributed by atoms with van der Waals surface area (Å²) in [5, 5.41) is 5.16. The van der Waals surface area contributed by atoms with Crippen LogP contribution in [0.3, 0.4) is 0 Å². The van der Waals surface area contributed by atoms with Gasteiger partial charge in [0.2, 0.25) is 0 Å². The highest BCUT2D eigenvalue weighted by Gasteiger charge is 2.13. The molecular weight excluding hydrogens is 321 g/mol. The predicted molar refractivity (Wildman–Crippen MR) is 93.0 cm³/mol. The van der Waals surface area contributed by atoms with Crippen LogP contribution in [0.25, 0.3) is 0 Å². The van der Waals surface area contributed by atoms with E-state index in [2.05, 4.69) is 15.6 Å². The number of nitrogens with one attached hydrogen (secondary N) is 2. The fourth-order valence-electron chi connectivity index (χ4n) is 2.17. The van der Waals surface area contributed by atoms with E-state index in [4.69, 9.17) is 0 Å². The molecule has 0 unspecified atom stereocenters. The molecule has 0 fully saturated rings. The topological polar surface area (TPSA) is 71.1 Å². The SMILES string of the molecule is O=C(Nc1ccccc1)c1ccnc(C(=O)Nc2ccccc2F)c1. The summed E-state index contributed by atoms with van der Waals surface area (Å²) in [6, 6.07) is 17.6. The molecule has 1 heterocycles. The van der Waals surface area contributed by atoms with Gasteiger partial charge in [0.25, 0.3) is 11.8 Å². The number of carbonyl (C=O) groups is 2. The Morgan fingerprint density at radius 1 is 0.840 bits per heavy atom. The van der Waals surface area contributed by atoms with Crippen LogP contribution in [0.4, 0.5) is 15.8 Å². The molecule has 2 N–H and O–H groups in total. The molecule has 0 aliphatic carbocycles. The van der Waals surface area contributed by atoms with Gasteiger partial charge in [0.15, 0.2) is 0 Å². The average Bonchev–Trinajstić information content (AvgIpc) is 2.64. The summed E-state index contributed by atoms with van der Waals surface area (Å²) < 4.78 is 13.6. The van der Waals surface area contributed by atoms with Crippen molar-refractivity contribution in [2.75, 3.05) is 10.6 Å². The first-order valence-electron chi connectivity index (χ1n) is 7.52. The van der Waals surface area contributed by atoms with Crippen molar-refractivity contribution < 1.29 is 14.0 Å². The molecular formula is C19H14FN3O2. The molecule has 25 heavy (non-hydrogen) atoms. The molecule has 0 aliphatic heterocycles. The van der Waals surface area contributed by atoms with Crippen LogP contribution in [0.1, 0.15) is 20.8 Å². The highest BCUT2D eigenvalue weighted by atomic mass is 19.1. The summed E-state index contributed by atoms with van der Waals surface area (Å²) in [4.78, 5) is 28.4. The maximum atomic E-state index is 13.6. The normalized spacial score (nSPS) is 10.1. The number of rotatable bonds is 4. The molecule has 3 rings (SSSR count). The van der Waals surface area contributed by atoms with Gasteiger partial charge in [0.1, 0.15) is 11.5 Å². The molecule has 2 amide bonds. The molecule has 0 saturated carbocycles. The maximum Gasteiger partial charge on any atom is 0.274 e. The minimum Gasteiger partial charge on any atom is -0.322 e. The Bertz CT molecular complexity index is 913. The molecule has 0 bridgehead atoms. The molecule has 3 aromatic rings. The first kappa shape index (κ1) is 16.3. The van der Waals surface area contributed by atoms with Crippen LogP contribution < -0.4 is 10.6 Å². The van der Waals surface area contributed by atoms with Crippen LogP contribution in [0, 0.1) is 5.82 Å². The monoisotopic (exact) mass is 335 g/mol. The second-order valence-corrected chi connectivity index (χ2v) is 5.18. The van der Waals surface area contributed by atoms with Gasteiger partial charge in [0.05, 0.1) is 5.69 Å². The van der Waals surface area contributed by atoms with Crippen LogP contribution in [0.2, 0.25) is 0 Å². The largest absolute Gasteiger partial charge is 0.322 e. The number of carbonyl (C=O) groups excluding carboxylic acids is 2. The first-order valence-corrected chi connectivity index (χ1v) is 7.52. The van der Waals surface area contributed by atoms with Gasteiger partial charge in [0, 0.05) is 17.4 Å². The van der Waals surface area contributed by atoms with Crippen molar-refractivity contribution in [2.45, 2.75) is 0 Å². The standard InChI is InChI=1S/C19H14FN3O2/c20-15-8-4-5-9-16(15)23-19(25)17-12-13(10-11-21-17)18(24)22-14-6-2-1-3-7-14/h1-12H,(H,22,24)(H,23,25). The smallest absolute Gasteiger partial charge is 0.274 e. The van der Waals surface area contributed by atoms with Gasteiger partial charge < -0.3 is 10.6 Å². The van der Waals surface area contributed by atoms with E-state index in [1.807, 2.05) is 6.07 Å². The zero-order chi connectivity index (χ0) is 17.6. The van der Waals surface area contributed by atoms with Crippen molar-refractivity contribution in [3.05, 3.63) is 90.0 Å². The molecule has 0 aliphatic rings. The number of benzene rings is 2. The van der Waals surface area contributed by atoms with Crippen molar-refractivity contribution in [1.29, 1.82) is 0 Å². The van der Waals surface area contributed by atoms with Gasteiger partial charge >= 0.3 is 0 Å². The third-order valence-electron chi connectivity index (χ3n) is 3.41. The van der Waals surface area contributed by atoms with Crippen molar-refractivity contribution in [3.63, 3.8) is 0 Å². The molecule has 5 nitrogen and oxygen atoms in total. The number of pyridine rings is 1. The Hall–Kier alpha value is -3.54. The number of nitrogens with zero attached hydrogens (tertiary/aromatic N) is 1. The minimum absolute atomic E-state index is 0.0176. The van der Waals surface area contributed by atoms with E-state index >= 15 is 0 Å². The van der Waals surface area contributed by atoms with E-state index in [-0.39, 0.29) is 22.9 Å². The van der Waals surface area contributed by atoms with Crippen LogP contribution in [0.15, 0.2) is 72.9 Å². The Labute approximate surface area is 143 Å². The van der Waals surface area contributed by atoms with E-state index in [1.54, 1.807) is 30.3 Å². The van der Waals surface area contributed by atoms with Crippen LogP contribution in [-0.4, -0.2) is 16.8 Å². The summed E-state index contributed by atoms with van der Waals surface area (Å²) >= 11 is 0. The van der Waals surface area contributed by atoms with Gasteiger partial charge in [-0.15, -0.1) is 0 Å². The first-order chi connectivity index (χ1) is 12.1. The Morgan fingerprint density at radius 3 is 2.32 bits per heavy atom. The zero-order valence-electron chi connectivity index (χ0n) is 13.1. The number of hydrogen-bond acceptors (Lipinski definition) is 3. The fourth-order valence-corrected chi connectivity index (χ4v) is 2.17. The Balaban J connectivity index is 1.76. The maximum absolute atomic E-state index is 13.6. The minimum atomic E-state index is -0.598. The van der Waals surface area contributed by atoms with Crippen molar-refractivity contribution in [2.24, 2.45) is 0 Å². The fraction of sp³-hybridized carbons (Fsp3) is 0. The van der Waals surface area contributed by atoms with Gasteiger partial charge in [-0.05, 0) is 36.4 Å². The molecule has 0 radical (unpaired) electrons. The molecule has 2 aromatic carbocycles. The number of halogens is 1. The molecule has 0 spiro atoms. The van der Waals surface area contributed by atoms with E-state index in [0.717, 1.165) is 0 Å². The van der Waals surface area contributed by atoms with Crippen molar-refractivity contribution in [1.82, 2.24) is 4.98 Å². The number of aromatic nitrogens is 1. The molecule has 0 saturated heterocycles. The van der Waals surface area contributed by atoms with E-state index < -0.39 is 11.7 Å². The zero-order valence-corrected chi connectivity index (χ0v) is 13.1. The quantitative estimate of drug-likeness (QED) is 0.763. The van der Waals surface area contributed by atoms with Crippen LogP contribution in [0.5, 0.6) is 0 Å². The summed E-state index contributed by atoms with van der Waals surface area (Å²) in [7, 11) is 0. The van der Waals surface area contributed by atoms with Gasteiger partial charge in [-0.25, -0.2) is 4.39 Å². The number of para-hydroxylation sites is 2. The lowest BCUT2D eigenvalue weighted by atomic mass is 10.2. The highest BCUT2D eigenvalue weighted by Crippen LogP contribution is 2.14. The molecule has 1 aromatic heterocycles. The lowest BCUT2D eigenvalue weighted by Crippen LogP contribution is -2.17. The predicted octanol–water partition coefficient (Wildman–Crippen LogP) is 3.73. The second kappa shape index (κ2) is 7.35. The van der Waals surface area contributed by atoms with Gasteiger partial charge in [-0.3, -0.25) is 14.6 Å². The molecule has 124 valence electrons. The van der Waals surface area contributed by atoms with Crippen LogP contribution in [-0.2, 0) is 0 Å². The van der Waals surface area contributed by atoms with E-state index in [0.29, 0.717) is 5.69 Å². The summed E-state index contributed by atoms with van der Waals surface area (Å²) in [5.41, 5.74) is 0.983. The van der Waals surface area contributed by atoms with Gasteiger partial charge in [-0.2, -0.15) is 0 Å². The molecule has 6 heteroatoms. The average molecular weight is 335 g/mol.